The molecule has 1 aliphatic rings. The predicted octanol–water partition coefficient (Wildman–Crippen LogP) is 3.32. The quantitative estimate of drug-likeness (QED) is 0.411. The lowest BCUT2D eigenvalue weighted by molar-refractivity contribution is 0.129. The van der Waals surface area contributed by atoms with Crippen LogP contribution in [0.4, 0.5) is 0 Å². The van der Waals surface area contributed by atoms with E-state index < -0.39 is 0 Å². The number of benzene rings is 1. The highest BCUT2D eigenvalue weighted by Gasteiger charge is 2.23. The first-order chi connectivity index (χ1) is 11.3. The van der Waals surface area contributed by atoms with Gasteiger partial charge in [-0.3, -0.25) is 0 Å². The van der Waals surface area contributed by atoms with Gasteiger partial charge in [0.05, 0.1) is 12.6 Å². The van der Waals surface area contributed by atoms with Gasteiger partial charge in [-0.1, -0.05) is 12.1 Å². The van der Waals surface area contributed by atoms with Gasteiger partial charge in [-0.25, -0.2) is 4.99 Å². The summed E-state index contributed by atoms with van der Waals surface area (Å²) >= 11 is 0. The molecule has 0 amide bonds. The average molecular weight is 461 g/mol. The number of ether oxygens (including phenoxy) is 1. The van der Waals surface area contributed by atoms with Crippen molar-refractivity contribution < 1.29 is 9.84 Å². The molecular weight excluding hydrogens is 429 g/mol. The molecule has 0 bridgehead atoms. The number of aliphatic hydroxyl groups excluding tert-OH is 1. The van der Waals surface area contributed by atoms with Crippen LogP contribution in [-0.2, 0) is 6.54 Å². The lowest BCUT2D eigenvalue weighted by atomic mass is 10.1. The molecule has 2 rings (SSSR count). The van der Waals surface area contributed by atoms with Crippen LogP contribution in [0.1, 0.15) is 45.2 Å². The Bertz CT molecular complexity index is 585. The smallest absolute Gasteiger partial charge is 0.194 e. The lowest BCUT2D eigenvalue weighted by Gasteiger charge is -2.24. The van der Waals surface area contributed by atoms with Gasteiger partial charge < -0.3 is 20.1 Å². The van der Waals surface area contributed by atoms with Crippen LogP contribution < -0.4 is 10.1 Å². The highest BCUT2D eigenvalue weighted by Crippen LogP contribution is 2.25. The molecule has 1 aliphatic heterocycles. The number of rotatable bonds is 4. The first-order valence-corrected chi connectivity index (χ1v) is 8.78. The Hall–Kier alpha value is -1.02. The van der Waals surface area contributed by atoms with Crippen molar-refractivity contribution in [2.24, 2.45) is 4.99 Å². The summed E-state index contributed by atoms with van der Waals surface area (Å²) in [5.74, 6) is 1.75. The van der Waals surface area contributed by atoms with Gasteiger partial charge in [0, 0.05) is 25.2 Å². The number of β-amino-alcohol motifs (C(OH)–C–C–N with tert-alkyl or cyclic N) is 1. The summed E-state index contributed by atoms with van der Waals surface area (Å²) in [5.41, 5.74) is 2.01. The molecule has 6 heteroatoms. The summed E-state index contributed by atoms with van der Waals surface area (Å²) in [4.78, 5) is 6.88. The van der Waals surface area contributed by atoms with Crippen LogP contribution in [0.2, 0.25) is 0 Å². The van der Waals surface area contributed by atoms with Gasteiger partial charge in [0.1, 0.15) is 11.4 Å². The summed E-state index contributed by atoms with van der Waals surface area (Å²) in [7, 11) is 0. The Kier molecular flexibility index (Phi) is 8.47. The number of hydrogen-bond acceptors (Lipinski definition) is 3. The van der Waals surface area contributed by atoms with Gasteiger partial charge in [0.25, 0.3) is 0 Å². The van der Waals surface area contributed by atoms with Crippen molar-refractivity contribution in [1.29, 1.82) is 0 Å². The topological polar surface area (TPSA) is 57.1 Å². The van der Waals surface area contributed by atoms with Gasteiger partial charge in [0.15, 0.2) is 5.96 Å². The SMILES string of the molecule is CCNC(=NCc1ccc(C)cc1OC(C)(C)C)N1CC[C@@H](O)C1.I. The van der Waals surface area contributed by atoms with E-state index in [1.54, 1.807) is 0 Å². The second-order valence-electron chi connectivity index (χ2n) is 7.38. The third-order valence-electron chi connectivity index (χ3n) is 3.84. The Balaban J connectivity index is 0.00000312. The van der Waals surface area contributed by atoms with Crippen LogP contribution in [-0.4, -0.2) is 47.3 Å². The average Bonchev–Trinajstić information content (AvgIpc) is 2.90. The number of halogens is 1. The van der Waals surface area contributed by atoms with Crippen molar-refractivity contribution in [2.45, 2.75) is 59.3 Å². The van der Waals surface area contributed by atoms with E-state index in [9.17, 15) is 5.11 Å². The maximum atomic E-state index is 9.76. The molecule has 25 heavy (non-hydrogen) atoms. The maximum absolute atomic E-state index is 9.76. The molecule has 0 unspecified atom stereocenters. The Labute approximate surface area is 168 Å². The number of nitrogens with zero attached hydrogens (tertiary/aromatic N) is 2. The Morgan fingerprint density at radius 3 is 2.68 bits per heavy atom. The molecular formula is C19H32IN3O2. The summed E-state index contributed by atoms with van der Waals surface area (Å²) < 4.78 is 6.11. The van der Waals surface area contributed by atoms with Crippen LogP contribution in [0.25, 0.3) is 0 Å². The summed E-state index contributed by atoms with van der Waals surface area (Å²) in [6, 6.07) is 6.25. The van der Waals surface area contributed by atoms with E-state index in [4.69, 9.17) is 9.73 Å². The third-order valence-corrected chi connectivity index (χ3v) is 3.84. The van der Waals surface area contributed by atoms with Crippen LogP contribution in [0.3, 0.4) is 0 Å². The molecule has 142 valence electrons. The highest BCUT2D eigenvalue weighted by atomic mass is 127. The minimum atomic E-state index is -0.256. The zero-order chi connectivity index (χ0) is 17.7. The molecule has 1 atom stereocenters. The standard InChI is InChI=1S/C19H31N3O2.HI/c1-6-20-18(22-10-9-16(23)13-22)21-12-15-8-7-14(2)11-17(15)24-19(3,4)5;/h7-8,11,16,23H,6,9-10,12-13H2,1-5H3,(H,20,21);1H/t16-;/m1./s1. The second kappa shape index (κ2) is 9.62. The van der Waals surface area contributed by atoms with Gasteiger partial charge in [-0.05, 0) is 52.7 Å². The van der Waals surface area contributed by atoms with Crippen LogP contribution in [0, 0.1) is 6.92 Å². The second-order valence-corrected chi connectivity index (χ2v) is 7.38. The van der Waals surface area contributed by atoms with E-state index in [2.05, 4.69) is 63.0 Å². The summed E-state index contributed by atoms with van der Waals surface area (Å²) in [5, 5.41) is 13.1. The molecule has 5 nitrogen and oxygen atoms in total. The number of guanidine groups is 1. The van der Waals surface area contributed by atoms with Gasteiger partial charge in [-0.2, -0.15) is 0 Å². The van der Waals surface area contributed by atoms with E-state index in [1.165, 1.54) is 5.56 Å². The maximum Gasteiger partial charge on any atom is 0.194 e. The molecule has 1 saturated heterocycles. The molecule has 1 aromatic rings. The Morgan fingerprint density at radius 2 is 2.12 bits per heavy atom. The predicted molar refractivity (Wildman–Crippen MR) is 114 cm³/mol. The minimum absolute atomic E-state index is 0. The first kappa shape index (κ1) is 22.0. The summed E-state index contributed by atoms with van der Waals surface area (Å²) in [6.07, 6.45) is 0.542. The number of aryl methyl sites for hydroxylation is 1. The molecule has 2 N–H and O–H groups in total. The first-order valence-electron chi connectivity index (χ1n) is 8.78. The van der Waals surface area contributed by atoms with Crippen molar-refractivity contribution in [1.82, 2.24) is 10.2 Å². The molecule has 1 aromatic carbocycles. The molecule has 0 aromatic heterocycles. The van der Waals surface area contributed by atoms with Crippen molar-refractivity contribution >= 4 is 29.9 Å². The number of aliphatic hydroxyl groups is 1. The van der Waals surface area contributed by atoms with Crippen molar-refractivity contribution in [3.8, 4) is 5.75 Å². The van der Waals surface area contributed by atoms with Crippen molar-refractivity contribution in [2.75, 3.05) is 19.6 Å². The normalized spacial score (nSPS) is 18.1. The summed E-state index contributed by atoms with van der Waals surface area (Å²) in [6.45, 7) is 13.1. The number of nitrogens with one attached hydrogen (secondary N) is 1. The van der Waals surface area contributed by atoms with Gasteiger partial charge >= 0.3 is 0 Å². The molecule has 1 fully saturated rings. The molecule has 0 aliphatic carbocycles. The monoisotopic (exact) mass is 461 g/mol. The zero-order valence-corrected chi connectivity index (χ0v) is 18.3. The number of likely N-dealkylation sites (tertiary alicyclic amines) is 1. The molecule has 0 saturated carbocycles. The zero-order valence-electron chi connectivity index (χ0n) is 16.0. The number of aliphatic imine (C=N–C) groups is 1. The molecule has 1 heterocycles. The van der Waals surface area contributed by atoms with Crippen molar-refractivity contribution in [3.05, 3.63) is 29.3 Å². The van der Waals surface area contributed by atoms with Crippen LogP contribution in [0.15, 0.2) is 23.2 Å². The van der Waals surface area contributed by atoms with E-state index in [0.717, 1.165) is 36.8 Å². The van der Waals surface area contributed by atoms with Crippen LogP contribution in [0.5, 0.6) is 5.75 Å². The highest BCUT2D eigenvalue weighted by molar-refractivity contribution is 14.0. The van der Waals surface area contributed by atoms with E-state index in [-0.39, 0.29) is 35.7 Å². The fraction of sp³-hybridized carbons (Fsp3) is 0.632. The van der Waals surface area contributed by atoms with Crippen molar-refractivity contribution in [3.63, 3.8) is 0 Å². The van der Waals surface area contributed by atoms with E-state index >= 15 is 0 Å². The van der Waals surface area contributed by atoms with E-state index in [1.807, 2.05) is 0 Å². The fourth-order valence-electron chi connectivity index (χ4n) is 2.74. The number of hydrogen-bond donors (Lipinski definition) is 2. The largest absolute Gasteiger partial charge is 0.488 e. The Morgan fingerprint density at radius 1 is 1.40 bits per heavy atom. The fourth-order valence-corrected chi connectivity index (χ4v) is 2.74. The molecule has 0 spiro atoms. The van der Waals surface area contributed by atoms with E-state index in [0.29, 0.717) is 13.1 Å². The molecule has 0 radical (unpaired) electrons. The lowest BCUT2D eigenvalue weighted by Crippen LogP contribution is -2.40. The van der Waals surface area contributed by atoms with Crippen LogP contribution >= 0.6 is 24.0 Å². The van der Waals surface area contributed by atoms with Gasteiger partial charge in [-0.15, -0.1) is 24.0 Å². The third kappa shape index (κ3) is 7.01. The minimum Gasteiger partial charge on any atom is -0.488 e. The van der Waals surface area contributed by atoms with Gasteiger partial charge in [0.2, 0.25) is 0 Å².